The number of aryl methyl sites for hydroxylation is 2. The minimum absolute atomic E-state index is 0.0835. The first-order chi connectivity index (χ1) is 13.1. The maximum Gasteiger partial charge on any atom is 0.224 e. The highest BCUT2D eigenvalue weighted by Crippen LogP contribution is 2.22. The molecular formula is C23H29ClN2O. The summed E-state index contributed by atoms with van der Waals surface area (Å²) in [5, 5.41) is 3.95. The van der Waals surface area contributed by atoms with Crippen molar-refractivity contribution in [3.63, 3.8) is 0 Å². The Morgan fingerprint density at radius 2 is 2.07 bits per heavy atom. The molecule has 2 aromatic rings. The minimum Gasteiger partial charge on any atom is -0.356 e. The third-order valence-electron chi connectivity index (χ3n) is 5.25. The van der Waals surface area contributed by atoms with Crippen molar-refractivity contribution < 1.29 is 4.79 Å². The van der Waals surface area contributed by atoms with Crippen LogP contribution in [0.2, 0.25) is 5.02 Å². The van der Waals surface area contributed by atoms with Gasteiger partial charge in [0.2, 0.25) is 5.91 Å². The second-order valence-corrected chi connectivity index (χ2v) is 7.96. The van der Waals surface area contributed by atoms with E-state index in [-0.39, 0.29) is 11.8 Å². The van der Waals surface area contributed by atoms with Gasteiger partial charge in [0.05, 0.1) is 5.92 Å². The summed E-state index contributed by atoms with van der Waals surface area (Å²) in [6.45, 7) is 5.52. The summed E-state index contributed by atoms with van der Waals surface area (Å²) < 4.78 is 0. The van der Waals surface area contributed by atoms with E-state index in [2.05, 4.69) is 47.5 Å². The molecule has 1 unspecified atom stereocenters. The summed E-state index contributed by atoms with van der Waals surface area (Å²) >= 11 is 6.28. The summed E-state index contributed by atoms with van der Waals surface area (Å²) in [6.07, 6.45) is 4.02. The lowest BCUT2D eigenvalue weighted by Gasteiger charge is -2.32. The third-order valence-corrected chi connectivity index (χ3v) is 5.62. The van der Waals surface area contributed by atoms with E-state index in [4.69, 9.17) is 11.6 Å². The van der Waals surface area contributed by atoms with E-state index in [0.29, 0.717) is 0 Å². The Labute approximate surface area is 167 Å². The molecule has 0 aromatic heterocycles. The molecule has 0 radical (unpaired) electrons. The predicted octanol–water partition coefficient (Wildman–Crippen LogP) is 4.61. The Hall–Kier alpha value is -1.84. The molecule has 1 N–H and O–H groups in total. The van der Waals surface area contributed by atoms with Gasteiger partial charge < -0.3 is 5.32 Å². The molecule has 0 aliphatic carbocycles. The van der Waals surface area contributed by atoms with Gasteiger partial charge in [-0.15, -0.1) is 0 Å². The van der Waals surface area contributed by atoms with Gasteiger partial charge in [-0.25, -0.2) is 0 Å². The van der Waals surface area contributed by atoms with E-state index < -0.39 is 0 Å². The van der Waals surface area contributed by atoms with E-state index in [9.17, 15) is 4.79 Å². The molecule has 1 aliphatic rings. The number of hydrogen-bond acceptors (Lipinski definition) is 2. The average molecular weight is 385 g/mol. The fourth-order valence-electron chi connectivity index (χ4n) is 3.80. The Bertz CT molecular complexity index is 762. The largest absolute Gasteiger partial charge is 0.356 e. The molecule has 144 valence electrons. The number of piperidine rings is 1. The molecular weight excluding hydrogens is 356 g/mol. The van der Waals surface area contributed by atoms with Gasteiger partial charge in [0.15, 0.2) is 0 Å². The summed E-state index contributed by atoms with van der Waals surface area (Å²) in [5.41, 5.74) is 3.77. The molecule has 3 nitrogen and oxygen atoms in total. The normalized spacial score (nSPS) is 17.6. The van der Waals surface area contributed by atoms with Gasteiger partial charge in [-0.2, -0.15) is 0 Å². The highest BCUT2D eigenvalue weighted by Gasteiger charge is 2.25. The van der Waals surface area contributed by atoms with Crippen molar-refractivity contribution >= 4 is 17.5 Å². The van der Waals surface area contributed by atoms with Crippen molar-refractivity contribution in [2.45, 2.75) is 39.2 Å². The van der Waals surface area contributed by atoms with Gasteiger partial charge >= 0.3 is 0 Å². The van der Waals surface area contributed by atoms with Gasteiger partial charge in [-0.05, 0) is 56.3 Å². The molecule has 27 heavy (non-hydrogen) atoms. The number of likely N-dealkylation sites (tertiary alicyclic amines) is 1. The number of amides is 1. The number of hydrogen-bond donors (Lipinski definition) is 1. The second-order valence-electron chi connectivity index (χ2n) is 7.55. The van der Waals surface area contributed by atoms with Crippen LogP contribution in [0.3, 0.4) is 0 Å². The van der Waals surface area contributed by atoms with Crippen LogP contribution in [-0.2, 0) is 17.8 Å². The lowest BCUT2D eigenvalue weighted by atomic mass is 9.96. The first kappa shape index (κ1) is 19.9. The first-order valence-electron chi connectivity index (χ1n) is 9.91. The van der Waals surface area contributed by atoms with Crippen LogP contribution in [0.1, 0.15) is 36.0 Å². The lowest BCUT2D eigenvalue weighted by molar-refractivity contribution is -0.126. The molecule has 4 heteroatoms. The maximum absolute atomic E-state index is 12.6. The number of carbonyl (C=O) groups is 1. The van der Waals surface area contributed by atoms with E-state index >= 15 is 0 Å². The van der Waals surface area contributed by atoms with Crippen LogP contribution in [-0.4, -0.2) is 30.4 Å². The molecule has 2 aromatic carbocycles. The van der Waals surface area contributed by atoms with Gasteiger partial charge in [0.1, 0.15) is 0 Å². The fraction of sp³-hybridized carbons (Fsp3) is 0.435. The smallest absolute Gasteiger partial charge is 0.224 e. The van der Waals surface area contributed by atoms with Crippen molar-refractivity contribution in [3.8, 4) is 0 Å². The number of halogens is 1. The van der Waals surface area contributed by atoms with E-state index in [1.54, 1.807) is 0 Å². The van der Waals surface area contributed by atoms with Crippen molar-refractivity contribution in [3.05, 3.63) is 70.2 Å². The third kappa shape index (κ3) is 6.08. The topological polar surface area (TPSA) is 32.3 Å². The second kappa shape index (κ2) is 9.91. The number of carbonyl (C=O) groups excluding carboxylic acids is 1. The molecule has 1 amide bonds. The van der Waals surface area contributed by atoms with Crippen LogP contribution in [0.25, 0.3) is 0 Å². The number of nitrogens with zero attached hydrogens (tertiary/aromatic N) is 1. The monoisotopic (exact) mass is 384 g/mol. The molecule has 1 atom stereocenters. The van der Waals surface area contributed by atoms with Crippen molar-refractivity contribution in [2.75, 3.05) is 19.6 Å². The zero-order valence-electron chi connectivity index (χ0n) is 16.1. The molecule has 0 saturated carbocycles. The minimum atomic E-state index is 0.0835. The number of benzene rings is 2. The van der Waals surface area contributed by atoms with Crippen LogP contribution in [0.4, 0.5) is 0 Å². The van der Waals surface area contributed by atoms with E-state index in [1.165, 1.54) is 11.1 Å². The zero-order valence-corrected chi connectivity index (χ0v) is 16.8. The highest BCUT2D eigenvalue weighted by molar-refractivity contribution is 6.31. The summed E-state index contributed by atoms with van der Waals surface area (Å²) in [6, 6.07) is 16.6. The van der Waals surface area contributed by atoms with Gasteiger partial charge in [-0.3, -0.25) is 9.69 Å². The zero-order chi connectivity index (χ0) is 19.1. The van der Waals surface area contributed by atoms with Gasteiger partial charge in [0.25, 0.3) is 0 Å². The Morgan fingerprint density at radius 3 is 2.89 bits per heavy atom. The predicted molar refractivity (Wildman–Crippen MR) is 112 cm³/mol. The molecule has 0 spiro atoms. The lowest BCUT2D eigenvalue weighted by Crippen LogP contribution is -2.43. The van der Waals surface area contributed by atoms with Crippen LogP contribution >= 0.6 is 11.6 Å². The fourth-order valence-corrected chi connectivity index (χ4v) is 3.99. The van der Waals surface area contributed by atoms with Gasteiger partial charge in [0, 0.05) is 24.7 Å². The van der Waals surface area contributed by atoms with Crippen molar-refractivity contribution in [2.24, 2.45) is 5.92 Å². The molecule has 1 heterocycles. The Morgan fingerprint density at radius 1 is 1.22 bits per heavy atom. The highest BCUT2D eigenvalue weighted by atomic mass is 35.5. The van der Waals surface area contributed by atoms with E-state index in [1.807, 2.05) is 18.2 Å². The van der Waals surface area contributed by atoms with Crippen LogP contribution in [0.5, 0.6) is 0 Å². The number of rotatable bonds is 7. The first-order valence-corrected chi connectivity index (χ1v) is 10.3. The summed E-state index contributed by atoms with van der Waals surface area (Å²) in [4.78, 5) is 14.9. The van der Waals surface area contributed by atoms with Crippen LogP contribution in [0.15, 0.2) is 48.5 Å². The molecule has 1 fully saturated rings. The molecule has 1 saturated heterocycles. The van der Waals surface area contributed by atoms with Crippen molar-refractivity contribution in [1.29, 1.82) is 0 Å². The van der Waals surface area contributed by atoms with Crippen LogP contribution < -0.4 is 5.32 Å². The summed E-state index contributed by atoms with van der Waals surface area (Å²) in [7, 11) is 0. The Kier molecular flexibility index (Phi) is 7.31. The molecule has 1 aliphatic heterocycles. The van der Waals surface area contributed by atoms with Gasteiger partial charge in [-0.1, -0.05) is 59.6 Å². The van der Waals surface area contributed by atoms with Crippen LogP contribution in [0, 0.1) is 12.8 Å². The summed E-state index contributed by atoms with van der Waals surface area (Å²) in [5.74, 6) is 0.281. The molecule has 0 bridgehead atoms. The molecule has 3 rings (SSSR count). The maximum atomic E-state index is 12.6. The average Bonchev–Trinajstić information content (AvgIpc) is 2.67. The standard InChI is InChI=1S/C23H29ClN2O/c1-18-7-4-8-19(15-18)9-5-13-25-23(27)21-11-6-14-26(17-21)16-20-10-2-3-12-22(20)24/h2-4,7-8,10,12,15,21H,5-6,9,11,13-14,16-17H2,1H3,(H,25,27). The van der Waals surface area contributed by atoms with Crippen molar-refractivity contribution in [1.82, 2.24) is 10.2 Å². The Balaban J connectivity index is 1.42. The van der Waals surface area contributed by atoms with E-state index in [0.717, 1.165) is 62.4 Å². The quantitative estimate of drug-likeness (QED) is 0.707. The number of nitrogens with one attached hydrogen (secondary N) is 1. The SMILES string of the molecule is Cc1cccc(CCCNC(=O)C2CCCN(Cc3ccccc3Cl)C2)c1.